The highest BCUT2D eigenvalue weighted by molar-refractivity contribution is 5.96. The summed E-state index contributed by atoms with van der Waals surface area (Å²) < 4.78 is 22.2. The summed E-state index contributed by atoms with van der Waals surface area (Å²) in [5, 5.41) is 3.39. The molecule has 198 valence electrons. The number of benzene rings is 3. The van der Waals surface area contributed by atoms with Crippen molar-refractivity contribution >= 4 is 11.8 Å². The second-order valence-electron chi connectivity index (χ2n) is 9.97. The topological polar surface area (TPSA) is 83.1 Å². The molecule has 0 fully saturated rings. The lowest BCUT2D eigenvalue weighted by molar-refractivity contribution is -0.141. The average Bonchev–Trinajstić information content (AvgIpc) is 3.44. The Morgan fingerprint density at radius 2 is 1.69 bits per heavy atom. The minimum Gasteiger partial charge on any atom is -0.497 e. The van der Waals surface area contributed by atoms with Crippen LogP contribution in [0, 0.1) is 5.92 Å². The van der Waals surface area contributed by atoms with Crippen molar-refractivity contribution in [2.45, 2.75) is 31.8 Å². The maximum Gasteiger partial charge on any atom is 0.336 e. The Morgan fingerprint density at radius 3 is 2.46 bits per heavy atom. The van der Waals surface area contributed by atoms with Crippen molar-refractivity contribution in [3.05, 3.63) is 113 Å². The molecule has 7 heteroatoms. The summed E-state index contributed by atoms with van der Waals surface area (Å²) in [5.74, 6) is 0.460. The van der Waals surface area contributed by atoms with E-state index in [-0.39, 0.29) is 25.1 Å². The third-order valence-corrected chi connectivity index (χ3v) is 7.60. The molecule has 3 atom stereocenters. The van der Waals surface area contributed by atoms with Crippen molar-refractivity contribution in [1.29, 1.82) is 0 Å². The van der Waals surface area contributed by atoms with E-state index in [1.54, 1.807) is 7.11 Å². The number of nitrogens with one attached hydrogen (secondary N) is 1. The van der Waals surface area contributed by atoms with E-state index in [1.165, 1.54) is 0 Å². The molecule has 7 nitrogen and oxygen atoms in total. The van der Waals surface area contributed by atoms with Crippen LogP contribution in [0.25, 0.3) is 0 Å². The molecule has 3 aliphatic rings. The lowest BCUT2D eigenvalue weighted by Crippen LogP contribution is -2.41. The molecule has 0 bridgehead atoms. The van der Waals surface area contributed by atoms with Crippen molar-refractivity contribution in [3.8, 4) is 17.2 Å². The highest BCUT2D eigenvalue weighted by Gasteiger charge is 2.45. The fraction of sp³-hybridized carbons (Fsp3) is 0.250. The van der Waals surface area contributed by atoms with E-state index in [0.717, 1.165) is 28.1 Å². The number of carbonyl (C=O) groups is 2. The van der Waals surface area contributed by atoms with Crippen LogP contribution in [0.15, 0.2) is 95.8 Å². The average molecular weight is 524 g/mol. The van der Waals surface area contributed by atoms with E-state index < -0.39 is 17.8 Å². The summed E-state index contributed by atoms with van der Waals surface area (Å²) >= 11 is 0. The molecule has 3 aromatic rings. The Balaban J connectivity index is 1.38. The number of carbonyl (C=O) groups excluding carboxylic acids is 2. The van der Waals surface area contributed by atoms with Gasteiger partial charge in [0.1, 0.15) is 18.1 Å². The number of hydrogen-bond donors (Lipinski definition) is 1. The first-order chi connectivity index (χ1) is 19.0. The van der Waals surface area contributed by atoms with Gasteiger partial charge in [-0.15, -0.1) is 0 Å². The zero-order chi connectivity index (χ0) is 26.9. The van der Waals surface area contributed by atoms with Crippen LogP contribution in [0.2, 0.25) is 0 Å². The maximum atomic E-state index is 13.9. The first-order valence-electron chi connectivity index (χ1n) is 13.0. The number of ketones is 1. The Bertz CT molecular complexity index is 1470. The lowest BCUT2D eigenvalue weighted by atomic mass is 9.68. The van der Waals surface area contributed by atoms with Gasteiger partial charge < -0.3 is 24.3 Å². The van der Waals surface area contributed by atoms with Gasteiger partial charge >= 0.3 is 5.97 Å². The van der Waals surface area contributed by atoms with Gasteiger partial charge in [0.05, 0.1) is 18.6 Å². The molecule has 3 unspecified atom stereocenters. The smallest absolute Gasteiger partial charge is 0.336 e. The van der Waals surface area contributed by atoms with Gasteiger partial charge in [0.15, 0.2) is 11.5 Å². The number of hydrogen-bond acceptors (Lipinski definition) is 7. The predicted molar refractivity (Wildman–Crippen MR) is 144 cm³/mol. The normalized spacial score (nSPS) is 21.5. The molecule has 2 aliphatic heterocycles. The summed E-state index contributed by atoms with van der Waals surface area (Å²) in [5.41, 5.74) is 4.64. The highest BCUT2D eigenvalue weighted by atomic mass is 16.7. The molecule has 0 saturated heterocycles. The van der Waals surface area contributed by atoms with Crippen LogP contribution in [0.4, 0.5) is 0 Å². The first kappa shape index (κ1) is 24.8. The number of esters is 1. The van der Waals surface area contributed by atoms with E-state index in [4.69, 9.17) is 18.9 Å². The number of ether oxygens (including phenoxy) is 4. The van der Waals surface area contributed by atoms with Crippen molar-refractivity contribution in [2.75, 3.05) is 13.9 Å². The van der Waals surface area contributed by atoms with Gasteiger partial charge in [-0.3, -0.25) is 4.79 Å². The van der Waals surface area contributed by atoms with Crippen LogP contribution >= 0.6 is 0 Å². The van der Waals surface area contributed by atoms with Crippen molar-refractivity contribution in [3.63, 3.8) is 0 Å². The molecule has 6 rings (SSSR count). The Labute approximate surface area is 227 Å². The van der Waals surface area contributed by atoms with Crippen LogP contribution in [-0.4, -0.2) is 25.7 Å². The Kier molecular flexibility index (Phi) is 6.57. The third-order valence-electron chi connectivity index (χ3n) is 7.60. The molecular formula is C32H29NO6. The molecule has 2 heterocycles. The number of fused-ring (bicyclic) bond motifs is 2. The summed E-state index contributed by atoms with van der Waals surface area (Å²) in [6.07, 6.45) is 2.44. The minimum absolute atomic E-state index is 0.0596. The number of Topliss-reactive ketones (excluding diaryl/α,β-unsaturated/α-hetero) is 1. The molecule has 39 heavy (non-hydrogen) atoms. The van der Waals surface area contributed by atoms with Crippen molar-refractivity contribution in [1.82, 2.24) is 5.32 Å². The molecule has 0 radical (unpaired) electrons. The number of allylic oxidation sites excluding steroid dienone is 3. The lowest BCUT2D eigenvalue weighted by Gasteiger charge is -2.39. The molecule has 3 aromatic carbocycles. The standard InChI is InChI=1S/C32H29NO6/c1-19-29(32(35)37-17-20-6-4-3-5-7-20)30(22-10-13-27-28(16-22)39-18-38-27)31-25(33-19)14-23(15-26(31)34)21-8-11-24(36-2)12-9-21/h3-14,16,23,30-31,33H,15,17-18H2,1-2H3. The van der Waals surface area contributed by atoms with Gasteiger partial charge in [-0.05, 0) is 47.9 Å². The number of methoxy groups -OCH3 is 1. The summed E-state index contributed by atoms with van der Waals surface area (Å²) in [7, 11) is 1.63. The molecule has 1 N–H and O–H groups in total. The molecule has 0 amide bonds. The van der Waals surface area contributed by atoms with E-state index in [0.29, 0.717) is 29.2 Å². The van der Waals surface area contributed by atoms with E-state index in [9.17, 15) is 9.59 Å². The first-order valence-corrected chi connectivity index (χ1v) is 13.0. The monoisotopic (exact) mass is 523 g/mol. The van der Waals surface area contributed by atoms with Crippen LogP contribution in [0.1, 0.15) is 41.9 Å². The second-order valence-corrected chi connectivity index (χ2v) is 9.97. The van der Waals surface area contributed by atoms with Crippen molar-refractivity contribution in [2.24, 2.45) is 5.92 Å². The zero-order valence-corrected chi connectivity index (χ0v) is 21.8. The van der Waals surface area contributed by atoms with Crippen molar-refractivity contribution < 1.29 is 28.5 Å². The molecule has 1 aliphatic carbocycles. The minimum atomic E-state index is -0.553. The van der Waals surface area contributed by atoms with Gasteiger partial charge in [0, 0.05) is 29.7 Å². The molecule has 0 saturated carbocycles. The second kappa shape index (κ2) is 10.3. The molecular weight excluding hydrogens is 494 g/mol. The highest BCUT2D eigenvalue weighted by Crippen LogP contribution is 2.48. The largest absolute Gasteiger partial charge is 0.497 e. The fourth-order valence-electron chi connectivity index (χ4n) is 5.68. The molecule has 0 aromatic heterocycles. The van der Waals surface area contributed by atoms with Crippen LogP contribution in [0.3, 0.4) is 0 Å². The third kappa shape index (κ3) is 4.76. The summed E-state index contributed by atoms with van der Waals surface area (Å²) in [6.45, 7) is 2.14. The fourth-order valence-corrected chi connectivity index (χ4v) is 5.68. The van der Waals surface area contributed by atoms with Gasteiger partial charge in [0.25, 0.3) is 0 Å². The Hall–Kier alpha value is -4.52. The summed E-state index contributed by atoms with van der Waals surface area (Å²) in [6, 6.07) is 22.9. The number of rotatable bonds is 6. The van der Waals surface area contributed by atoms with E-state index >= 15 is 0 Å². The molecule has 0 spiro atoms. The Morgan fingerprint density at radius 1 is 0.949 bits per heavy atom. The van der Waals surface area contributed by atoms with Gasteiger partial charge in [-0.25, -0.2) is 4.79 Å². The summed E-state index contributed by atoms with van der Waals surface area (Å²) in [4.78, 5) is 27.5. The zero-order valence-electron chi connectivity index (χ0n) is 21.8. The van der Waals surface area contributed by atoms with Gasteiger partial charge in [0.2, 0.25) is 6.79 Å². The van der Waals surface area contributed by atoms with Gasteiger partial charge in [-0.1, -0.05) is 54.6 Å². The maximum absolute atomic E-state index is 13.9. The van der Waals surface area contributed by atoms with Crippen LogP contribution < -0.4 is 19.5 Å². The van der Waals surface area contributed by atoms with E-state index in [2.05, 4.69) is 11.4 Å². The van der Waals surface area contributed by atoms with Crippen LogP contribution in [0.5, 0.6) is 17.2 Å². The predicted octanol–water partition coefficient (Wildman–Crippen LogP) is 5.38. The van der Waals surface area contributed by atoms with Gasteiger partial charge in [-0.2, -0.15) is 0 Å². The quantitative estimate of drug-likeness (QED) is 0.434. The SMILES string of the molecule is COc1ccc(C2C=C3NC(C)=C(C(=O)OCc4ccccc4)C(c4ccc5c(c4)OCO5)C3C(=O)C2)cc1. The van der Waals surface area contributed by atoms with Crippen LogP contribution in [-0.2, 0) is 20.9 Å². The van der Waals surface area contributed by atoms with E-state index in [1.807, 2.05) is 79.7 Å².